The molecule has 2 aromatic carbocycles. The zero-order valence-electron chi connectivity index (χ0n) is 14.3. The third-order valence-electron chi connectivity index (χ3n) is 3.86. The molecule has 0 aliphatic rings. The van der Waals surface area contributed by atoms with E-state index in [0.717, 1.165) is 22.1 Å². The third kappa shape index (κ3) is 4.84. The second-order valence-electron chi connectivity index (χ2n) is 5.66. The lowest BCUT2D eigenvalue weighted by atomic mass is 10.1. The molecule has 0 aliphatic carbocycles. The van der Waals surface area contributed by atoms with E-state index in [1.165, 1.54) is 17.0 Å². The number of hydrogen-bond donors (Lipinski definition) is 1. The van der Waals surface area contributed by atoms with Crippen LogP contribution in [0.1, 0.15) is 16.0 Å². The molecule has 0 saturated heterocycles. The fraction of sp³-hybridized carbons (Fsp3) is 0.200. The van der Waals surface area contributed by atoms with Crippen LogP contribution in [0.4, 0.5) is 4.39 Å². The summed E-state index contributed by atoms with van der Waals surface area (Å²) < 4.78 is 25.5. The molecule has 0 radical (unpaired) electrons. The molecule has 1 aromatic heterocycles. The number of rotatable bonds is 8. The van der Waals surface area contributed by atoms with Gasteiger partial charge in [-0.15, -0.1) is 11.3 Å². The van der Waals surface area contributed by atoms with Gasteiger partial charge >= 0.3 is 0 Å². The lowest BCUT2D eigenvalue weighted by Crippen LogP contribution is -2.14. The summed E-state index contributed by atoms with van der Waals surface area (Å²) in [5.41, 5.74) is 1.88. The second-order valence-corrected chi connectivity index (χ2v) is 7.54. The monoisotopic (exact) mass is 435 g/mol. The average Bonchev–Trinajstić information content (AvgIpc) is 3.16. The number of benzene rings is 2. The molecule has 0 fully saturated rings. The van der Waals surface area contributed by atoms with E-state index in [2.05, 4.69) is 32.7 Å². The van der Waals surface area contributed by atoms with Crippen molar-refractivity contribution in [3.8, 4) is 11.5 Å². The fourth-order valence-electron chi connectivity index (χ4n) is 2.53. The van der Waals surface area contributed by atoms with Crippen LogP contribution in [0.5, 0.6) is 11.5 Å². The molecule has 0 bridgehead atoms. The summed E-state index contributed by atoms with van der Waals surface area (Å²) in [6, 6.07) is 14.3. The van der Waals surface area contributed by atoms with Crippen molar-refractivity contribution in [1.82, 2.24) is 5.32 Å². The van der Waals surface area contributed by atoms with Gasteiger partial charge in [0.05, 0.1) is 7.11 Å². The molecule has 1 heterocycles. The first-order valence-electron chi connectivity index (χ1n) is 8.13. The molecular weight excluding hydrogens is 417 g/mol. The molecule has 0 unspecified atom stereocenters. The SMILES string of the molecule is COc1ccc(Br)c(CNCc2cccs2)c1OCc1ccc(F)cc1. The largest absolute Gasteiger partial charge is 0.493 e. The standard InChI is InChI=1S/C20H19BrFNO2S/c1-24-19-9-8-18(21)17(12-23-11-16-3-2-10-26-16)20(19)25-13-14-4-6-15(22)7-5-14/h2-10,23H,11-13H2,1H3. The molecule has 0 atom stereocenters. The summed E-state index contributed by atoms with van der Waals surface area (Å²) in [4.78, 5) is 1.28. The highest BCUT2D eigenvalue weighted by atomic mass is 79.9. The molecule has 1 N–H and O–H groups in total. The molecule has 3 rings (SSSR count). The van der Waals surface area contributed by atoms with Crippen LogP contribution in [0.25, 0.3) is 0 Å². The van der Waals surface area contributed by atoms with E-state index in [4.69, 9.17) is 9.47 Å². The quantitative estimate of drug-likeness (QED) is 0.504. The molecule has 0 spiro atoms. The summed E-state index contributed by atoms with van der Waals surface area (Å²) in [5, 5.41) is 5.50. The minimum Gasteiger partial charge on any atom is -0.493 e. The number of hydrogen-bond acceptors (Lipinski definition) is 4. The number of halogens is 2. The zero-order chi connectivity index (χ0) is 18.4. The van der Waals surface area contributed by atoms with Gasteiger partial charge in [0.25, 0.3) is 0 Å². The summed E-state index contributed by atoms with van der Waals surface area (Å²) in [7, 11) is 1.62. The Hall–Kier alpha value is -1.89. The summed E-state index contributed by atoms with van der Waals surface area (Å²) >= 11 is 5.32. The van der Waals surface area contributed by atoms with E-state index < -0.39 is 0 Å². The Morgan fingerprint density at radius 2 is 1.88 bits per heavy atom. The minimum atomic E-state index is -0.257. The Kier molecular flexibility index (Phi) is 6.66. The highest BCUT2D eigenvalue weighted by Gasteiger charge is 2.15. The first-order chi connectivity index (χ1) is 12.7. The van der Waals surface area contributed by atoms with Crippen LogP contribution >= 0.6 is 27.3 Å². The highest BCUT2D eigenvalue weighted by molar-refractivity contribution is 9.10. The summed E-state index contributed by atoms with van der Waals surface area (Å²) in [6.07, 6.45) is 0. The third-order valence-corrected chi connectivity index (χ3v) is 5.48. The Morgan fingerprint density at radius 3 is 2.58 bits per heavy atom. The van der Waals surface area contributed by atoms with Gasteiger partial charge in [0, 0.05) is 28.0 Å². The Labute approximate surface area is 164 Å². The van der Waals surface area contributed by atoms with Gasteiger partial charge < -0.3 is 14.8 Å². The van der Waals surface area contributed by atoms with Crippen molar-refractivity contribution >= 4 is 27.3 Å². The van der Waals surface area contributed by atoms with Crippen LogP contribution < -0.4 is 14.8 Å². The molecule has 6 heteroatoms. The van der Waals surface area contributed by atoms with E-state index >= 15 is 0 Å². The minimum absolute atomic E-state index is 0.257. The normalized spacial score (nSPS) is 10.7. The van der Waals surface area contributed by atoms with Gasteiger partial charge in [-0.2, -0.15) is 0 Å². The number of methoxy groups -OCH3 is 1. The Bertz CT molecular complexity index is 838. The van der Waals surface area contributed by atoms with Crippen molar-refractivity contribution < 1.29 is 13.9 Å². The maximum Gasteiger partial charge on any atom is 0.167 e. The molecule has 0 saturated carbocycles. The highest BCUT2D eigenvalue weighted by Crippen LogP contribution is 2.36. The van der Waals surface area contributed by atoms with E-state index in [1.807, 2.05) is 18.2 Å². The Balaban J connectivity index is 1.74. The first-order valence-corrected chi connectivity index (χ1v) is 9.80. The Morgan fingerprint density at radius 1 is 1.08 bits per heavy atom. The molecule has 0 amide bonds. The lowest BCUT2D eigenvalue weighted by Gasteiger charge is -2.17. The maximum absolute atomic E-state index is 13.1. The maximum atomic E-state index is 13.1. The van der Waals surface area contributed by atoms with Gasteiger partial charge in [-0.1, -0.05) is 34.1 Å². The fourth-order valence-corrected chi connectivity index (χ4v) is 3.65. The van der Waals surface area contributed by atoms with Gasteiger partial charge in [-0.3, -0.25) is 0 Å². The van der Waals surface area contributed by atoms with Crippen LogP contribution in [0.15, 0.2) is 58.4 Å². The number of ether oxygens (including phenoxy) is 2. The lowest BCUT2D eigenvalue weighted by molar-refractivity contribution is 0.280. The van der Waals surface area contributed by atoms with Gasteiger partial charge in [-0.25, -0.2) is 4.39 Å². The van der Waals surface area contributed by atoms with E-state index in [9.17, 15) is 4.39 Å². The van der Waals surface area contributed by atoms with Crippen molar-refractivity contribution in [3.63, 3.8) is 0 Å². The zero-order valence-corrected chi connectivity index (χ0v) is 16.7. The van der Waals surface area contributed by atoms with E-state index in [1.54, 1.807) is 30.6 Å². The topological polar surface area (TPSA) is 30.5 Å². The van der Waals surface area contributed by atoms with E-state index in [0.29, 0.717) is 24.7 Å². The van der Waals surface area contributed by atoms with Crippen LogP contribution in [-0.4, -0.2) is 7.11 Å². The predicted molar refractivity (Wildman–Crippen MR) is 106 cm³/mol. The van der Waals surface area contributed by atoms with Crippen molar-refractivity contribution in [3.05, 3.63) is 80.2 Å². The van der Waals surface area contributed by atoms with Crippen molar-refractivity contribution in [2.45, 2.75) is 19.7 Å². The van der Waals surface area contributed by atoms with Gasteiger partial charge in [0.1, 0.15) is 12.4 Å². The predicted octanol–water partition coefficient (Wildman–Crippen LogP) is 5.53. The second kappa shape index (κ2) is 9.16. The first kappa shape index (κ1) is 18.9. The van der Waals surface area contributed by atoms with Crippen LogP contribution in [0.3, 0.4) is 0 Å². The van der Waals surface area contributed by atoms with Crippen molar-refractivity contribution in [2.75, 3.05) is 7.11 Å². The van der Waals surface area contributed by atoms with Crippen LogP contribution in [0, 0.1) is 5.82 Å². The average molecular weight is 436 g/mol. The summed E-state index contributed by atoms with van der Waals surface area (Å²) in [5.74, 6) is 1.10. The smallest absolute Gasteiger partial charge is 0.167 e. The number of thiophene rings is 1. The van der Waals surface area contributed by atoms with E-state index in [-0.39, 0.29) is 5.82 Å². The molecule has 26 heavy (non-hydrogen) atoms. The van der Waals surface area contributed by atoms with Crippen molar-refractivity contribution in [1.29, 1.82) is 0 Å². The van der Waals surface area contributed by atoms with Gasteiger partial charge in [-0.05, 0) is 41.3 Å². The number of nitrogens with one attached hydrogen (secondary N) is 1. The molecular formula is C20H19BrFNO2S. The van der Waals surface area contributed by atoms with Gasteiger partial charge in [0.15, 0.2) is 11.5 Å². The molecule has 3 nitrogen and oxygen atoms in total. The summed E-state index contributed by atoms with van der Waals surface area (Å²) in [6.45, 7) is 1.76. The van der Waals surface area contributed by atoms with Crippen LogP contribution in [-0.2, 0) is 19.7 Å². The van der Waals surface area contributed by atoms with Crippen LogP contribution in [0.2, 0.25) is 0 Å². The van der Waals surface area contributed by atoms with Crippen molar-refractivity contribution in [2.24, 2.45) is 0 Å². The molecule has 136 valence electrons. The molecule has 0 aliphatic heterocycles. The van der Waals surface area contributed by atoms with Gasteiger partial charge in [0.2, 0.25) is 0 Å². The molecule has 3 aromatic rings.